The van der Waals surface area contributed by atoms with Crippen molar-refractivity contribution in [3.8, 4) is 5.75 Å². The lowest BCUT2D eigenvalue weighted by Gasteiger charge is -2.29. The highest BCUT2D eigenvalue weighted by atomic mass is 19.4. The number of hydrogen-bond donors (Lipinski definition) is 2. The molecule has 2 aliphatic heterocycles. The van der Waals surface area contributed by atoms with Crippen molar-refractivity contribution in [3.05, 3.63) is 23.8 Å². The molecule has 0 saturated carbocycles. The van der Waals surface area contributed by atoms with Crippen molar-refractivity contribution in [2.75, 3.05) is 25.5 Å². The Balaban J connectivity index is 1.78. The van der Waals surface area contributed by atoms with Gasteiger partial charge in [-0.3, -0.25) is 14.5 Å². The number of amides is 3. The Morgan fingerprint density at radius 3 is 2.33 bits per heavy atom. The number of likely N-dealkylation sites (tertiary alicyclic amines) is 2. The van der Waals surface area contributed by atoms with E-state index in [9.17, 15) is 32.7 Å². The van der Waals surface area contributed by atoms with Crippen molar-refractivity contribution in [1.82, 2.24) is 9.80 Å². The highest BCUT2D eigenvalue weighted by Crippen LogP contribution is 2.35. The third-order valence-electron chi connectivity index (χ3n) is 5.41. The first-order chi connectivity index (χ1) is 14.1. The molecule has 1 aromatic carbocycles. The molecule has 164 valence electrons. The summed E-state index contributed by atoms with van der Waals surface area (Å²) in [4.78, 5) is 39.4. The second kappa shape index (κ2) is 8.41. The van der Waals surface area contributed by atoms with Gasteiger partial charge in [0.15, 0.2) is 0 Å². The normalized spacial score (nSPS) is 21.6. The van der Waals surface area contributed by atoms with Crippen molar-refractivity contribution in [2.24, 2.45) is 0 Å². The molecule has 2 fully saturated rings. The number of ether oxygens (including phenoxy) is 1. The maximum absolute atomic E-state index is 13.0. The SMILES string of the molecule is COc1ccc(C(F)(F)F)cc1NC(=O)[C@@H]1CCCN1C(=O)C1CCCN1C(=O)O. The smallest absolute Gasteiger partial charge is 0.416 e. The van der Waals surface area contributed by atoms with Gasteiger partial charge in [-0.2, -0.15) is 13.2 Å². The maximum Gasteiger partial charge on any atom is 0.416 e. The number of alkyl halides is 3. The first-order valence-electron chi connectivity index (χ1n) is 9.49. The van der Waals surface area contributed by atoms with Crippen molar-refractivity contribution >= 4 is 23.6 Å². The van der Waals surface area contributed by atoms with E-state index in [1.165, 1.54) is 12.0 Å². The zero-order valence-electron chi connectivity index (χ0n) is 16.2. The molecular weight excluding hydrogens is 407 g/mol. The summed E-state index contributed by atoms with van der Waals surface area (Å²) in [6.07, 6.45) is -4.00. The number of methoxy groups -OCH3 is 1. The Morgan fingerprint density at radius 2 is 1.73 bits per heavy atom. The molecule has 0 aliphatic carbocycles. The van der Waals surface area contributed by atoms with Gasteiger partial charge in [0.05, 0.1) is 18.4 Å². The highest BCUT2D eigenvalue weighted by molar-refractivity contribution is 5.99. The fourth-order valence-electron chi connectivity index (χ4n) is 3.94. The van der Waals surface area contributed by atoms with Crippen LogP contribution in [0.3, 0.4) is 0 Å². The zero-order valence-corrected chi connectivity index (χ0v) is 16.2. The van der Waals surface area contributed by atoms with Gasteiger partial charge in [0.2, 0.25) is 11.8 Å². The van der Waals surface area contributed by atoms with Crippen LogP contribution in [0.5, 0.6) is 5.75 Å². The fraction of sp³-hybridized carbons (Fsp3) is 0.526. The Morgan fingerprint density at radius 1 is 1.10 bits per heavy atom. The molecule has 0 aromatic heterocycles. The van der Waals surface area contributed by atoms with Gasteiger partial charge in [0.1, 0.15) is 17.8 Å². The van der Waals surface area contributed by atoms with Gasteiger partial charge >= 0.3 is 12.3 Å². The second-order valence-corrected chi connectivity index (χ2v) is 7.23. The second-order valence-electron chi connectivity index (χ2n) is 7.23. The molecule has 2 heterocycles. The lowest BCUT2D eigenvalue weighted by Crippen LogP contribution is -2.51. The van der Waals surface area contributed by atoms with Crippen LogP contribution in [0.1, 0.15) is 31.2 Å². The van der Waals surface area contributed by atoms with E-state index in [-0.39, 0.29) is 24.5 Å². The number of hydrogen-bond acceptors (Lipinski definition) is 4. The number of benzene rings is 1. The Kier molecular flexibility index (Phi) is 6.09. The third-order valence-corrected chi connectivity index (χ3v) is 5.41. The van der Waals surface area contributed by atoms with Gasteiger partial charge in [-0.15, -0.1) is 0 Å². The molecule has 2 atom stereocenters. The van der Waals surface area contributed by atoms with E-state index in [2.05, 4.69) is 5.32 Å². The third kappa shape index (κ3) is 4.29. The lowest BCUT2D eigenvalue weighted by atomic mass is 10.1. The van der Waals surface area contributed by atoms with Crippen molar-refractivity contribution in [3.63, 3.8) is 0 Å². The summed E-state index contributed by atoms with van der Waals surface area (Å²) in [6, 6.07) is 0.993. The molecular formula is C19H22F3N3O5. The van der Waals surface area contributed by atoms with Crippen molar-refractivity contribution < 1.29 is 37.4 Å². The topological polar surface area (TPSA) is 99.2 Å². The highest BCUT2D eigenvalue weighted by Gasteiger charge is 2.42. The van der Waals surface area contributed by atoms with Gasteiger partial charge < -0.3 is 20.1 Å². The van der Waals surface area contributed by atoms with E-state index in [1.807, 2.05) is 0 Å². The van der Waals surface area contributed by atoms with Crippen LogP contribution in [0, 0.1) is 0 Å². The molecule has 30 heavy (non-hydrogen) atoms. The number of carbonyl (C=O) groups excluding carboxylic acids is 2. The van der Waals surface area contributed by atoms with Crippen LogP contribution in [-0.2, 0) is 15.8 Å². The van der Waals surface area contributed by atoms with Crippen molar-refractivity contribution in [2.45, 2.75) is 43.9 Å². The van der Waals surface area contributed by atoms with Crippen molar-refractivity contribution in [1.29, 1.82) is 0 Å². The quantitative estimate of drug-likeness (QED) is 0.767. The molecule has 2 N–H and O–H groups in total. The molecule has 0 spiro atoms. The minimum atomic E-state index is -4.59. The van der Waals surface area contributed by atoms with E-state index in [4.69, 9.17) is 4.74 Å². The molecule has 11 heteroatoms. The largest absolute Gasteiger partial charge is 0.495 e. The number of halogens is 3. The van der Waals surface area contributed by atoms with Crippen LogP contribution in [0.25, 0.3) is 0 Å². The minimum absolute atomic E-state index is 0.0556. The summed E-state index contributed by atoms with van der Waals surface area (Å²) in [5.41, 5.74) is -1.09. The minimum Gasteiger partial charge on any atom is -0.495 e. The van der Waals surface area contributed by atoms with Crippen LogP contribution in [0.15, 0.2) is 18.2 Å². The monoisotopic (exact) mass is 429 g/mol. The maximum atomic E-state index is 13.0. The first kappa shape index (κ1) is 21.7. The van der Waals surface area contributed by atoms with Crippen LogP contribution >= 0.6 is 0 Å². The van der Waals surface area contributed by atoms with Crippen LogP contribution in [-0.4, -0.2) is 65.1 Å². The number of carboxylic acid groups (broad SMARTS) is 1. The molecule has 8 nitrogen and oxygen atoms in total. The molecule has 3 amide bonds. The molecule has 2 aliphatic rings. The number of nitrogens with zero attached hydrogens (tertiary/aromatic N) is 2. The van der Waals surface area contributed by atoms with E-state index >= 15 is 0 Å². The van der Waals surface area contributed by atoms with Crippen LogP contribution in [0.2, 0.25) is 0 Å². The molecule has 2 saturated heterocycles. The summed E-state index contributed by atoms with van der Waals surface area (Å²) < 4.78 is 44.1. The van der Waals surface area contributed by atoms with Crippen LogP contribution < -0.4 is 10.1 Å². The summed E-state index contributed by atoms with van der Waals surface area (Å²) in [6.45, 7) is 0.526. The Bertz CT molecular complexity index is 845. The van der Waals surface area contributed by atoms with Crippen LogP contribution in [0.4, 0.5) is 23.7 Å². The average molecular weight is 429 g/mol. The summed E-state index contributed by atoms with van der Waals surface area (Å²) in [7, 11) is 1.27. The van der Waals surface area contributed by atoms with E-state index in [0.29, 0.717) is 25.7 Å². The van der Waals surface area contributed by atoms with Gasteiger partial charge in [0, 0.05) is 13.1 Å². The predicted molar refractivity (Wildman–Crippen MR) is 99.1 cm³/mol. The molecule has 0 radical (unpaired) electrons. The molecule has 1 unspecified atom stereocenters. The van der Waals surface area contributed by atoms with Gasteiger partial charge in [-0.25, -0.2) is 4.79 Å². The Hall–Kier alpha value is -2.98. The summed E-state index contributed by atoms with van der Waals surface area (Å²) in [5, 5.41) is 11.7. The first-order valence-corrected chi connectivity index (χ1v) is 9.49. The molecule has 3 rings (SSSR count). The van der Waals surface area contributed by atoms with Gasteiger partial charge in [-0.05, 0) is 43.9 Å². The molecule has 1 aromatic rings. The van der Waals surface area contributed by atoms with E-state index in [0.717, 1.165) is 23.1 Å². The number of rotatable bonds is 4. The van der Waals surface area contributed by atoms with E-state index in [1.54, 1.807) is 0 Å². The average Bonchev–Trinajstić information content (AvgIpc) is 3.36. The number of nitrogens with one attached hydrogen (secondary N) is 1. The zero-order chi connectivity index (χ0) is 22.1. The lowest BCUT2D eigenvalue weighted by molar-refractivity contribution is -0.140. The number of anilines is 1. The molecule has 0 bridgehead atoms. The van der Waals surface area contributed by atoms with E-state index < -0.39 is 41.7 Å². The predicted octanol–water partition coefficient (Wildman–Crippen LogP) is 2.79. The summed E-state index contributed by atoms with van der Waals surface area (Å²) in [5.74, 6) is -1.04. The summed E-state index contributed by atoms with van der Waals surface area (Å²) >= 11 is 0. The fourth-order valence-corrected chi connectivity index (χ4v) is 3.94. The van der Waals surface area contributed by atoms with Gasteiger partial charge in [-0.1, -0.05) is 0 Å². The standard InChI is InChI=1S/C19H22F3N3O5/c1-30-15-7-6-11(19(20,21)22)10-12(15)23-16(26)13-4-2-8-24(13)17(27)14-5-3-9-25(14)18(28)29/h6-7,10,13-14H,2-5,8-9H2,1H3,(H,23,26)(H,28,29)/t13-,14?/m0/s1. The number of carbonyl (C=O) groups is 3. The Labute approximate surface area is 170 Å². The van der Waals surface area contributed by atoms with Gasteiger partial charge in [0.25, 0.3) is 0 Å².